The number of amides is 1. The Kier molecular flexibility index (Phi) is 5.62. The average molecular weight is 372 g/mol. The van der Waals surface area contributed by atoms with Crippen LogP contribution in [0.1, 0.15) is 23.6 Å². The summed E-state index contributed by atoms with van der Waals surface area (Å²) in [6.07, 6.45) is -5.61. The van der Waals surface area contributed by atoms with Gasteiger partial charge in [-0.3, -0.25) is 4.79 Å². The van der Waals surface area contributed by atoms with E-state index in [4.69, 9.17) is 16.3 Å². The lowest BCUT2D eigenvalue weighted by molar-refractivity contribution is -0.137. The molecule has 134 valence electrons. The largest absolute Gasteiger partial charge is 0.481 e. The fourth-order valence-electron chi connectivity index (χ4n) is 2.17. The molecule has 0 saturated carbocycles. The number of carbonyl (C=O) groups is 1. The molecule has 0 aliphatic carbocycles. The number of ether oxygens (including phenoxy) is 1. The van der Waals surface area contributed by atoms with Gasteiger partial charge in [-0.25, -0.2) is 0 Å². The highest BCUT2D eigenvalue weighted by Crippen LogP contribution is 2.36. The molecule has 25 heavy (non-hydrogen) atoms. The summed E-state index contributed by atoms with van der Waals surface area (Å²) in [6, 6.07) is 8.68. The Balaban J connectivity index is 2.18. The number of anilines is 1. The van der Waals surface area contributed by atoms with Crippen LogP contribution >= 0.6 is 11.6 Å². The Bertz CT molecular complexity index is 790. The van der Waals surface area contributed by atoms with Crippen LogP contribution in [0.4, 0.5) is 18.9 Å². The first-order valence-electron chi connectivity index (χ1n) is 7.49. The molecule has 0 bridgehead atoms. The second-order valence-electron chi connectivity index (χ2n) is 5.71. The molecule has 2 aromatic carbocycles. The normalized spacial score (nSPS) is 12.6. The summed E-state index contributed by atoms with van der Waals surface area (Å²) in [5, 5.41) is 2.19. The number of rotatable bonds is 4. The molecule has 0 spiro atoms. The van der Waals surface area contributed by atoms with Crippen molar-refractivity contribution >= 4 is 23.2 Å². The Morgan fingerprint density at radius 3 is 2.48 bits per heavy atom. The van der Waals surface area contributed by atoms with E-state index in [-0.39, 0.29) is 10.7 Å². The third-order valence-corrected chi connectivity index (χ3v) is 3.80. The summed E-state index contributed by atoms with van der Waals surface area (Å²) in [5.41, 5.74) is 0.406. The second kappa shape index (κ2) is 7.35. The van der Waals surface area contributed by atoms with Gasteiger partial charge in [0.2, 0.25) is 0 Å². The molecule has 2 rings (SSSR count). The van der Waals surface area contributed by atoms with Crippen LogP contribution in [-0.2, 0) is 11.0 Å². The van der Waals surface area contributed by atoms with Crippen molar-refractivity contribution < 1.29 is 22.7 Å². The number of hydrogen-bond donors (Lipinski definition) is 1. The highest BCUT2D eigenvalue weighted by atomic mass is 35.5. The maximum atomic E-state index is 13.1. The maximum absolute atomic E-state index is 13.1. The van der Waals surface area contributed by atoms with E-state index in [2.05, 4.69) is 5.32 Å². The first-order valence-corrected chi connectivity index (χ1v) is 7.87. The predicted octanol–water partition coefficient (Wildman–Crippen LogP) is 5.38. The molecular weight excluding hydrogens is 355 g/mol. The summed E-state index contributed by atoms with van der Waals surface area (Å²) < 4.78 is 44.8. The fraction of sp³-hybridized carbons (Fsp3) is 0.278. The number of alkyl halides is 3. The lowest BCUT2D eigenvalue weighted by Gasteiger charge is -2.19. The molecule has 0 aliphatic heterocycles. The molecule has 0 aliphatic rings. The predicted molar refractivity (Wildman–Crippen MR) is 91.1 cm³/mol. The molecular formula is C18H17ClF3NO2. The average Bonchev–Trinajstić information content (AvgIpc) is 2.51. The topological polar surface area (TPSA) is 38.3 Å². The quantitative estimate of drug-likeness (QED) is 0.783. The molecule has 0 fully saturated rings. The summed E-state index contributed by atoms with van der Waals surface area (Å²) in [5.74, 6) is -0.177. The van der Waals surface area contributed by atoms with E-state index in [0.717, 1.165) is 23.3 Å². The van der Waals surface area contributed by atoms with Gasteiger partial charge in [0.1, 0.15) is 5.75 Å². The minimum atomic E-state index is -4.63. The van der Waals surface area contributed by atoms with Crippen molar-refractivity contribution in [2.24, 2.45) is 0 Å². The molecule has 0 heterocycles. The molecule has 3 nitrogen and oxygen atoms in total. The van der Waals surface area contributed by atoms with Crippen molar-refractivity contribution in [2.45, 2.75) is 33.1 Å². The lowest BCUT2D eigenvalue weighted by Crippen LogP contribution is -2.31. The van der Waals surface area contributed by atoms with Crippen molar-refractivity contribution in [1.29, 1.82) is 0 Å². The van der Waals surface area contributed by atoms with Gasteiger partial charge in [0.15, 0.2) is 6.10 Å². The van der Waals surface area contributed by atoms with Crippen molar-refractivity contribution in [1.82, 2.24) is 0 Å². The van der Waals surface area contributed by atoms with Crippen LogP contribution in [0.15, 0.2) is 36.4 Å². The van der Waals surface area contributed by atoms with Gasteiger partial charge in [-0.2, -0.15) is 13.2 Å². The lowest BCUT2D eigenvalue weighted by atomic mass is 10.1. The third kappa shape index (κ3) is 4.89. The molecule has 1 N–H and O–H groups in total. The Hall–Kier alpha value is -2.21. The number of benzene rings is 2. The minimum absolute atomic E-state index is 0.0648. The van der Waals surface area contributed by atoms with E-state index >= 15 is 0 Å². The number of nitrogens with one attached hydrogen (secondary N) is 1. The van der Waals surface area contributed by atoms with Crippen molar-refractivity contribution in [2.75, 3.05) is 5.32 Å². The van der Waals surface area contributed by atoms with Crippen LogP contribution in [-0.4, -0.2) is 12.0 Å². The number of halogens is 4. The summed E-state index contributed by atoms with van der Waals surface area (Å²) in [6.45, 7) is 5.17. The molecule has 7 heteroatoms. The van der Waals surface area contributed by atoms with E-state index in [1.165, 1.54) is 13.0 Å². The summed E-state index contributed by atoms with van der Waals surface area (Å²) >= 11 is 5.62. The molecule has 0 aromatic heterocycles. The van der Waals surface area contributed by atoms with E-state index in [0.29, 0.717) is 5.75 Å². The van der Waals surface area contributed by atoms with Crippen LogP contribution in [0.2, 0.25) is 5.02 Å². The highest BCUT2D eigenvalue weighted by molar-refractivity contribution is 6.30. The zero-order chi connectivity index (χ0) is 18.8. The highest BCUT2D eigenvalue weighted by Gasteiger charge is 2.34. The molecule has 1 atom stereocenters. The second-order valence-corrected chi connectivity index (χ2v) is 6.14. The molecule has 1 amide bonds. The van der Waals surface area contributed by atoms with E-state index in [1.807, 2.05) is 26.0 Å². The van der Waals surface area contributed by atoms with Gasteiger partial charge in [-0.05, 0) is 56.2 Å². The number of hydrogen-bond acceptors (Lipinski definition) is 2. The standard InChI is InChI=1S/C18H17ClF3NO2/c1-10-4-5-11(2)16(8-10)25-12(3)17(24)23-15-7-6-13(19)9-14(15)18(20,21)22/h4-9,12H,1-3H3,(H,23,24)/t12-/m1/s1. The Labute approximate surface area is 148 Å². The molecule has 0 unspecified atom stereocenters. The zero-order valence-electron chi connectivity index (χ0n) is 13.9. The van der Waals surface area contributed by atoms with Gasteiger partial charge in [0, 0.05) is 5.02 Å². The van der Waals surface area contributed by atoms with Crippen LogP contribution < -0.4 is 10.1 Å². The summed E-state index contributed by atoms with van der Waals surface area (Å²) in [4.78, 5) is 12.2. The van der Waals surface area contributed by atoms with Crippen LogP contribution in [0.3, 0.4) is 0 Å². The fourth-order valence-corrected chi connectivity index (χ4v) is 2.34. The van der Waals surface area contributed by atoms with Gasteiger partial charge in [-0.1, -0.05) is 23.7 Å². The van der Waals surface area contributed by atoms with Crippen LogP contribution in [0.25, 0.3) is 0 Å². The Morgan fingerprint density at radius 1 is 1.16 bits per heavy atom. The smallest absolute Gasteiger partial charge is 0.418 e. The molecule has 0 radical (unpaired) electrons. The number of carbonyl (C=O) groups excluding carboxylic acids is 1. The van der Waals surface area contributed by atoms with E-state index in [1.54, 1.807) is 6.07 Å². The van der Waals surface area contributed by atoms with Gasteiger partial charge >= 0.3 is 6.18 Å². The SMILES string of the molecule is Cc1ccc(C)c(O[C@H](C)C(=O)Nc2ccc(Cl)cc2C(F)(F)F)c1. The van der Waals surface area contributed by atoms with Crippen molar-refractivity contribution in [3.63, 3.8) is 0 Å². The monoisotopic (exact) mass is 371 g/mol. The van der Waals surface area contributed by atoms with Gasteiger partial charge < -0.3 is 10.1 Å². The van der Waals surface area contributed by atoms with Gasteiger partial charge in [0.05, 0.1) is 11.3 Å². The molecule has 0 saturated heterocycles. The Morgan fingerprint density at radius 2 is 1.84 bits per heavy atom. The van der Waals surface area contributed by atoms with Crippen molar-refractivity contribution in [3.8, 4) is 5.75 Å². The van der Waals surface area contributed by atoms with Gasteiger partial charge in [0.25, 0.3) is 5.91 Å². The first kappa shape index (κ1) is 19.1. The van der Waals surface area contributed by atoms with E-state index in [9.17, 15) is 18.0 Å². The maximum Gasteiger partial charge on any atom is 0.418 e. The van der Waals surface area contributed by atoms with Crippen molar-refractivity contribution in [3.05, 3.63) is 58.1 Å². The van der Waals surface area contributed by atoms with E-state index < -0.39 is 23.8 Å². The summed E-state index contributed by atoms with van der Waals surface area (Å²) in [7, 11) is 0. The first-order chi connectivity index (χ1) is 11.6. The van der Waals surface area contributed by atoms with Gasteiger partial charge in [-0.15, -0.1) is 0 Å². The van der Waals surface area contributed by atoms with Crippen LogP contribution in [0, 0.1) is 13.8 Å². The van der Waals surface area contributed by atoms with Crippen LogP contribution in [0.5, 0.6) is 5.75 Å². The molecule has 2 aromatic rings. The number of aryl methyl sites for hydroxylation is 2. The third-order valence-electron chi connectivity index (χ3n) is 3.56. The minimum Gasteiger partial charge on any atom is -0.481 e. The zero-order valence-corrected chi connectivity index (χ0v) is 14.6.